The van der Waals surface area contributed by atoms with E-state index in [0.717, 1.165) is 0 Å². The predicted octanol–water partition coefficient (Wildman–Crippen LogP) is 2.99. The van der Waals surface area contributed by atoms with E-state index in [2.05, 4.69) is 15.6 Å². The number of nitrogens with zero attached hydrogens (tertiary/aromatic N) is 1. The largest absolute Gasteiger partial charge is 0.340 e. The number of carbonyl (C=O) groups excluding carboxylic acids is 2. The van der Waals surface area contributed by atoms with Crippen LogP contribution < -0.4 is 10.6 Å². The van der Waals surface area contributed by atoms with Crippen LogP contribution in [-0.4, -0.2) is 22.8 Å². The zero-order valence-electron chi connectivity index (χ0n) is 11.8. The molecule has 2 amide bonds. The van der Waals surface area contributed by atoms with Gasteiger partial charge in [0.25, 0.3) is 5.91 Å². The summed E-state index contributed by atoms with van der Waals surface area (Å²) in [5, 5.41) is 11.5. The molecule has 0 spiro atoms. The molecule has 2 N–H and O–H groups in total. The second-order valence-electron chi connectivity index (χ2n) is 4.99. The number of thiophene rings is 1. The summed E-state index contributed by atoms with van der Waals surface area (Å²) in [4.78, 5) is 28.4. The maximum absolute atomic E-state index is 12.3. The minimum Gasteiger partial charge on any atom is -0.340 e. The Morgan fingerprint density at radius 1 is 1.33 bits per heavy atom. The smallest absolute Gasteiger partial charge is 0.252 e. The number of hydrogen-bond acceptors (Lipinski definition) is 5. The first-order valence-corrected chi connectivity index (χ1v) is 8.42. The second-order valence-corrected chi connectivity index (χ2v) is 6.67. The predicted molar refractivity (Wildman–Crippen MR) is 85.8 cm³/mol. The lowest BCUT2D eigenvalue weighted by Gasteiger charge is -2.19. The maximum atomic E-state index is 12.3. The third-order valence-electron chi connectivity index (χ3n) is 2.77. The molecule has 0 unspecified atom stereocenters. The van der Waals surface area contributed by atoms with Gasteiger partial charge in [-0.3, -0.25) is 9.59 Å². The molecule has 0 radical (unpaired) electrons. The van der Waals surface area contributed by atoms with Gasteiger partial charge in [-0.1, -0.05) is 13.8 Å². The highest BCUT2D eigenvalue weighted by molar-refractivity contribution is 7.13. The summed E-state index contributed by atoms with van der Waals surface area (Å²) in [5.74, 6) is -0.168. The van der Waals surface area contributed by atoms with Crippen molar-refractivity contribution >= 4 is 39.6 Å². The summed E-state index contributed by atoms with van der Waals surface area (Å²) in [6.07, 6.45) is 2.20. The van der Waals surface area contributed by atoms with Gasteiger partial charge < -0.3 is 10.6 Å². The summed E-state index contributed by atoms with van der Waals surface area (Å²) < 4.78 is 0. The van der Waals surface area contributed by atoms with E-state index in [1.807, 2.05) is 19.2 Å². The fourth-order valence-corrected chi connectivity index (χ4v) is 2.98. The quantitative estimate of drug-likeness (QED) is 0.858. The van der Waals surface area contributed by atoms with Crippen molar-refractivity contribution in [3.63, 3.8) is 0 Å². The van der Waals surface area contributed by atoms with Gasteiger partial charge in [0.05, 0.1) is 5.56 Å². The summed E-state index contributed by atoms with van der Waals surface area (Å²) in [6.45, 7) is 4.03. The molecule has 0 bridgehead atoms. The topological polar surface area (TPSA) is 71.1 Å². The molecule has 0 fully saturated rings. The molecule has 2 rings (SSSR count). The monoisotopic (exact) mass is 323 g/mol. The molecule has 0 aliphatic rings. The van der Waals surface area contributed by atoms with Gasteiger partial charge in [-0.15, -0.1) is 11.3 Å². The lowest BCUT2D eigenvalue weighted by molar-refractivity contribution is -0.118. The van der Waals surface area contributed by atoms with E-state index in [1.54, 1.807) is 23.0 Å². The van der Waals surface area contributed by atoms with Crippen LogP contribution in [-0.2, 0) is 4.79 Å². The summed E-state index contributed by atoms with van der Waals surface area (Å²) in [6, 6.07) is 1.17. The standard InChI is InChI=1S/C14H17N3O2S2/c1-9(2)7-11(13(19)17-14-15-4-6-21-14)16-12(18)10-3-5-20-8-10/h3-6,8-9,11H,7H2,1-2H3,(H,16,18)(H,15,17,19)/t11-/m1/s1. The van der Waals surface area contributed by atoms with Crippen molar-refractivity contribution in [1.82, 2.24) is 10.3 Å². The van der Waals surface area contributed by atoms with E-state index >= 15 is 0 Å². The Morgan fingerprint density at radius 2 is 2.14 bits per heavy atom. The molecule has 0 saturated heterocycles. The fourth-order valence-electron chi connectivity index (χ4n) is 1.82. The zero-order chi connectivity index (χ0) is 15.2. The van der Waals surface area contributed by atoms with Crippen LogP contribution in [0.2, 0.25) is 0 Å². The van der Waals surface area contributed by atoms with Crippen molar-refractivity contribution in [1.29, 1.82) is 0 Å². The van der Waals surface area contributed by atoms with Gasteiger partial charge in [0.2, 0.25) is 5.91 Å². The molecule has 5 nitrogen and oxygen atoms in total. The Hall–Kier alpha value is -1.73. The van der Waals surface area contributed by atoms with Crippen molar-refractivity contribution in [3.8, 4) is 0 Å². The molecule has 2 heterocycles. The zero-order valence-corrected chi connectivity index (χ0v) is 13.5. The normalized spacial score (nSPS) is 12.1. The van der Waals surface area contributed by atoms with E-state index in [1.165, 1.54) is 22.7 Å². The number of thiazole rings is 1. The Balaban J connectivity index is 2.03. The SMILES string of the molecule is CC(C)C[C@@H](NC(=O)c1ccsc1)C(=O)Nc1nccs1. The molecule has 0 aliphatic carbocycles. The Morgan fingerprint density at radius 3 is 2.71 bits per heavy atom. The summed E-state index contributed by atoms with van der Waals surface area (Å²) in [5.41, 5.74) is 0.579. The number of hydrogen-bond donors (Lipinski definition) is 2. The third kappa shape index (κ3) is 4.64. The van der Waals surface area contributed by atoms with E-state index in [-0.39, 0.29) is 11.8 Å². The van der Waals surface area contributed by atoms with Crippen LogP contribution in [0.15, 0.2) is 28.4 Å². The number of anilines is 1. The van der Waals surface area contributed by atoms with Crippen LogP contribution in [0, 0.1) is 5.92 Å². The van der Waals surface area contributed by atoms with Crippen LogP contribution in [0.4, 0.5) is 5.13 Å². The second kappa shape index (κ2) is 7.33. The highest BCUT2D eigenvalue weighted by Gasteiger charge is 2.23. The molecule has 2 aromatic rings. The van der Waals surface area contributed by atoms with Gasteiger partial charge in [-0.05, 0) is 23.8 Å². The van der Waals surface area contributed by atoms with Crippen LogP contribution in [0.3, 0.4) is 0 Å². The number of carbonyl (C=O) groups is 2. The van der Waals surface area contributed by atoms with E-state index < -0.39 is 6.04 Å². The van der Waals surface area contributed by atoms with Gasteiger partial charge >= 0.3 is 0 Å². The van der Waals surface area contributed by atoms with Crippen LogP contribution in [0.5, 0.6) is 0 Å². The number of nitrogens with one attached hydrogen (secondary N) is 2. The first-order valence-electron chi connectivity index (χ1n) is 6.59. The van der Waals surface area contributed by atoms with Crippen LogP contribution >= 0.6 is 22.7 Å². The molecule has 0 aliphatic heterocycles. The molecule has 0 aromatic carbocycles. The molecular formula is C14H17N3O2S2. The van der Waals surface area contributed by atoms with E-state index in [9.17, 15) is 9.59 Å². The number of amides is 2. The Bertz CT molecular complexity index is 579. The molecule has 21 heavy (non-hydrogen) atoms. The first kappa shape index (κ1) is 15.7. The molecular weight excluding hydrogens is 306 g/mol. The highest BCUT2D eigenvalue weighted by atomic mass is 32.1. The van der Waals surface area contributed by atoms with Crippen LogP contribution in [0.25, 0.3) is 0 Å². The van der Waals surface area contributed by atoms with Gasteiger partial charge in [0.1, 0.15) is 6.04 Å². The van der Waals surface area contributed by atoms with Crippen molar-refractivity contribution in [2.45, 2.75) is 26.3 Å². The minimum absolute atomic E-state index is 0.226. The lowest BCUT2D eigenvalue weighted by atomic mass is 10.0. The Labute approximate surface area is 131 Å². The minimum atomic E-state index is -0.568. The molecule has 0 saturated carbocycles. The molecule has 7 heteroatoms. The average Bonchev–Trinajstić information content (AvgIpc) is 3.10. The maximum Gasteiger partial charge on any atom is 0.252 e. The first-order chi connectivity index (χ1) is 10.1. The summed E-state index contributed by atoms with van der Waals surface area (Å²) >= 11 is 2.80. The van der Waals surface area contributed by atoms with Gasteiger partial charge in [0.15, 0.2) is 5.13 Å². The third-order valence-corrected chi connectivity index (χ3v) is 4.15. The van der Waals surface area contributed by atoms with Crippen molar-refractivity contribution in [2.75, 3.05) is 5.32 Å². The summed E-state index contributed by atoms with van der Waals surface area (Å²) in [7, 11) is 0. The van der Waals surface area contributed by atoms with E-state index in [4.69, 9.17) is 0 Å². The van der Waals surface area contributed by atoms with Gasteiger partial charge in [-0.2, -0.15) is 11.3 Å². The van der Waals surface area contributed by atoms with Crippen molar-refractivity contribution < 1.29 is 9.59 Å². The van der Waals surface area contributed by atoms with Crippen molar-refractivity contribution in [3.05, 3.63) is 34.0 Å². The highest BCUT2D eigenvalue weighted by Crippen LogP contribution is 2.14. The Kier molecular flexibility index (Phi) is 5.46. The van der Waals surface area contributed by atoms with Crippen LogP contribution in [0.1, 0.15) is 30.6 Å². The molecule has 112 valence electrons. The fraction of sp³-hybridized carbons (Fsp3) is 0.357. The molecule has 2 aromatic heterocycles. The molecule has 1 atom stereocenters. The van der Waals surface area contributed by atoms with Gasteiger partial charge in [-0.25, -0.2) is 4.98 Å². The number of rotatable bonds is 6. The average molecular weight is 323 g/mol. The number of aromatic nitrogens is 1. The lowest BCUT2D eigenvalue weighted by Crippen LogP contribution is -2.44. The van der Waals surface area contributed by atoms with Crippen molar-refractivity contribution in [2.24, 2.45) is 5.92 Å². The van der Waals surface area contributed by atoms with E-state index in [0.29, 0.717) is 23.0 Å². The van der Waals surface area contributed by atoms with Gasteiger partial charge in [0, 0.05) is 17.0 Å².